The van der Waals surface area contributed by atoms with Crippen LogP contribution in [-0.4, -0.2) is 15.3 Å². The van der Waals surface area contributed by atoms with Gasteiger partial charge in [0, 0.05) is 23.8 Å². The van der Waals surface area contributed by atoms with Crippen molar-refractivity contribution in [3.8, 4) is 0 Å². The SMILES string of the molecule is CC(C)(C)NCc1cnn(Cc2ccc(F)c(Cl)c2)c1. The van der Waals surface area contributed by atoms with Crippen LogP contribution in [0.4, 0.5) is 4.39 Å². The molecule has 20 heavy (non-hydrogen) atoms. The number of halogens is 2. The molecule has 0 spiro atoms. The summed E-state index contributed by atoms with van der Waals surface area (Å²) in [5, 5.41) is 7.85. The van der Waals surface area contributed by atoms with Crippen molar-refractivity contribution in [2.75, 3.05) is 0 Å². The van der Waals surface area contributed by atoms with Crippen molar-refractivity contribution in [1.82, 2.24) is 15.1 Å². The van der Waals surface area contributed by atoms with E-state index < -0.39 is 5.82 Å². The number of nitrogens with one attached hydrogen (secondary N) is 1. The van der Waals surface area contributed by atoms with Gasteiger partial charge in [-0.2, -0.15) is 5.10 Å². The van der Waals surface area contributed by atoms with Crippen LogP contribution in [0, 0.1) is 5.82 Å². The molecule has 0 aliphatic rings. The quantitative estimate of drug-likeness (QED) is 0.934. The molecule has 2 aromatic rings. The molecule has 1 aromatic heterocycles. The Morgan fingerprint density at radius 3 is 2.70 bits per heavy atom. The Bertz CT molecular complexity index is 587. The highest BCUT2D eigenvalue weighted by molar-refractivity contribution is 6.30. The molecule has 0 saturated carbocycles. The van der Waals surface area contributed by atoms with Crippen molar-refractivity contribution in [1.29, 1.82) is 0 Å². The average Bonchev–Trinajstić information content (AvgIpc) is 2.78. The zero-order valence-electron chi connectivity index (χ0n) is 12.0. The molecule has 0 radical (unpaired) electrons. The fraction of sp³-hybridized carbons (Fsp3) is 0.400. The third kappa shape index (κ3) is 4.32. The van der Waals surface area contributed by atoms with E-state index >= 15 is 0 Å². The molecule has 0 saturated heterocycles. The zero-order chi connectivity index (χ0) is 14.8. The van der Waals surface area contributed by atoms with Crippen molar-refractivity contribution in [2.24, 2.45) is 0 Å². The van der Waals surface area contributed by atoms with E-state index in [9.17, 15) is 4.39 Å². The fourth-order valence-electron chi connectivity index (χ4n) is 1.78. The predicted molar refractivity (Wildman–Crippen MR) is 79.3 cm³/mol. The first-order valence-corrected chi connectivity index (χ1v) is 6.91. The van der Waals surface area contributed by atoms with Gasteiger partial charge in [-0.25, -0.2) is 4.39 Å². The number of benzene rings is 1. The van der Waals surface area contributed by atoms with Gasteiger partial charge in [-0.05, 0) is 38.5 Å². The molecule has 0 bridgehead atoms. The summed E-state index contributed by atoms with van der Waals surface area (Å²) in [6.45, 7) is 7.72. The summed E-state index contributed by atoms with van der Waals surface area (Å²) in [7, 11) is 0. The van der Waals surface area contributed by atoms with Gasteiger partial charge < -0.3 is 5.32 Å². The van der Waals surface area contributed by atoms with E-state index in [-0.39, 0.29) is 10.6 Å². The topological polar surface area (TPSA) is 29.9 Å². The Hall–Kier alpha value is -1.39. The lowest BCUT2D eigenvalue weighted by molar-refractivity contribution is 0.424. The molecule has 2 rings (SSSR count). The second-order valence-corrected chi connectivity index (χ2v) is 6.31. The highest BCUT2D eigenvalue weighted by Crippen LogP contribution is 2.16. The van der Waals surface area contributed by atoms with Crippen molar-refractivity contribution < 1.29 is 4.39 Å². The van der Waals surface area contributed by atoms with Crippen LogP contribution in [0.5, 0.6) is 0 Å². The fourth-order valence-corrected chi connectivity index (χ4v) is 1.98. The van der Waals surface area contributed by atoms with Crippen molar-refractivity contribution in [3.05, 3.63) is 52.6 Å². The van der Waals surface area contributed by atoms with Gasteiger partial charge in [0.15, 0.2) is 0 Å². The highest BCUT2D eigenvalue weighted by atomic mass is 35.5. The minimum Gasteiger partial charge on any atom is -0.308 e. The minimum absolute atomic E-state index is 0.0760. The maximum absolute atomic E-state index is 13.1. The minimum atomic E-state index is -0.397. The van der Waals surface area contributed by atoms with Crippen LogP contribution < -0.4 is 5.32 Å². The van der Waals surface area contributed by atoms with Crippen molar-refractivity contribution in [3.63, 3.8) is 0 Å². The van der Waals surface area contributed by atoms with E-state index in [4.69, 9.17) is 11.6 Å². The van der Waals surface area contributed by atoms with Crippen LogP contribution in [0.25, 0.3) is 0 Å². The molecule has 0 amide bonds. The van der Waals surface area contributed by atoms with E-state index in [0.717, 1.165) is 17.7 Å². The second-order valence-electron chi connectivity index (χ2n) is 5.90. The van der Waals surface area contributed by atoms with E-state index in [1.165, 1.54) is 6.07 Å². The molecule has 0 atom stereocenters. The standard InChI is InChI=1S/C15H19ClFN3/c1-15(2,3)18-7-12-8-19-20(10-12)9-11-4-5-14(17)13(16)6-11/h4-6,8,10,18H,7,9H2,1-3H3. The van der Waals surface area contributed by atoms with Gasteiger partial charge in [-0.1, -0.05) is 17.7 Å². The molecule has 3 nitrogen and oxygen atoms in total. The van der Waals surface area contributed by atoms with E-state index in [1.54, 1.807) is 12.1 Å². The molecular formula is C15H19ClFN3. The van der Waals surface area contributed by atoms with Gasteiger partial charge in [0.05, 0.1) is 17.8 Å². The van der Waals surface area contributed by atoms with Gasteiger partial charge in [-0.3, -0.25) is 4.68 Å². The molecule has 108 valence electrons. The lowest BCUT2D eigenvalue weighted by Gasteiger charge is -2.19. The smallest absolute Gasteiger partial charge is 0.141 e. The normalized spacial score (nSPS) is 11.8. The van der Waals surface area contributed by atoms with Gasteiger partial charge in [0.25, 0.3) is 0 Å². The highest BCUT2D eigenvalue weighted by Gasteiger charge is 2.09. The Morgan fingerprint density at radius 2 is 2.05 bits per heavy atom. The summed E-state index contributed by atoms with van der Waals surface area (Å²) in [4.78, 5) is 0. The summed E-state index contributed by atoms with van der Waals surface area (Å²) in [5.41, 5.74) is 2.12. The Labute approximate surface area is 123 Å². The first kappa shape index (κ1) is 15.0. The molecule has 1 N–H and O–H groups in total. The van der Waals surface area contributed by atoms with Gasteiger partial charge in [0.1, 0.15) is 5.82 Å². The molecule has 5 heteroatoms. The van der Waals surface area contributed by atoms with Gasteiger partial charge >= 0.3 is 0 Å². The predicted octanol–water partition coefficient (Wildman–Crippen LogP) is 3.61. The van der Waals surface area contributed by atoms with Crippen molar-refractivity contribution >= 4 is 11.6 Å². The molecule has 0 unspecified atom stereocenters. The summed E-state index contributed by atoms with van der Waals surface area (Å²) in [6, 6.07) is 4.73. The Kier molecular flexibility index (Phi) is 4.45. The van der Waals surface area contributed by atoms with Crippen LogP contribution in [0.1, 0.15) is 31.9 Å². The number of nitrogens with zero attached hydrogens (tertiary/aromatic N) is 2. The van der Waals surface area contributed by atoms with Crippen LogP contribution in [0.2, 0.25) is 5.02 Å². The Morgan fingerprint density at radius 1 is 1.30 bits per heavy atom. The lowest BCUT2D eigenvalue weighted by atomic mass is 10.1. The summed E-state index contributed by atoms with van der Waals surface area (Å²) >= 11 is 5.77. The first-order chi connectivity index (χ1) is 9.33. The Balaban J connectivity index is 2.00. The maximum Gasteiger partial charge on any atom is 0.141 e. The second kappa shape index (κ2) is 5.94. The summed E-state index contributed by atoms with van der Waals surface area (Å²) in [6.07, 6.45) is 3.82. The number of hydrogen-bond acceptors (Lipinski definition) is 2. The van der Waals surface area contributed by atoms with Crippen LogP contribution in [0.3, 0.4) is 0 Å². The van der Waals surface area contributed by atoms with Gasteiger partial charge in [0.2, 0.25) is 0 Å². The molecule has 0 fully saturated rings. The first-order valence-electron chi connectivity index (χ1n) is 6.54. The summed E-state index contributed by atoms with van der Waals surface area (Å²) < 4.78 is 14.9. The number of hydrogen-bond donors (Lipinski definition) is 1. The third-order valence-corrected chi connectivity index (χ3v) is 3.13. The number of rotatable bonds is 4. The third-order valence-electron chi connectivity index (χ3n) is 2.84. The molecular weight excluding hydrogens is 277 g/mol. The molecule has 1 aromatic carbocycles. The lowest BCUT2D eigenvalue weighted by Crippen LogP contribution is -2.34. The van der Waals surface area contributed by atoms with E-state index in [2.05, 4.69) is 31.2 Å². The van der Waals surface area contributed by atoms with Crippen LogP contribution in [-0.2, 0) is 13.1 Å². The van der Waals surface area contributed by atoms with Gasteiger partial charge in [-0.15, -0.1) is 0 Å². The van der Waals surface area contributed by atoms with Crippen LogP contribution >= 0.6 is 11.6 Å². The molecule has 0 aliphatic carbocycles. The maximum atomic E-state index is 13.1. The monoisotopic (exact) mass is 295 g/mol. The molecule has 0 aliphatic heterocycles. The number of aromatic nitrogens is 2. The van der Waals surface area contributed by atoms with E-state index in [1.807, 2.05) is 17.1 Å². The van der Waals surface area contributed by atoms with Crippen molar-refractivity contribution in [2.45, 2.75) is 39.4 Å². The zero-order valence-corrected chi connectivity index (χ0v) is 12.7. The summed E-state index contributed by atoms with van der Waals surface area (Å²) in [5.74, 6) is -0.397. The largest absolute Gasteiger partial charge is 0.308 e. The van der Waals surface area contributed by atoms with Crippen LogP contribution in [0.15, 0.2) is 30.6 Å². The molecule has 1 heterocycles. The van der Waals surface area contributed by atoms with E-state index in [0.29, 0.717) is 6.54 Å². The average molecular weight is 296 g/mol.